The van der Waals surface area contributed by atoms with E-state index >= 15 is 0 Å². The minimum atomic E-state index is -0.721. The highest BCUT2D eigenvalue weighted by atomic mass is 35.5. The molecule has 0 amide bonds. The first-order valence-electron chi connectivity index (χ1n) is 11.0. The first-order chi connectivity index (χ1) is 15.2. The van der Waals surface area contributed by atoms with Crippen LogP contribution in [0.25, 0.3) is 0 Å². The summed E-state index contributed by atoms with van der Waals surface area (Å²) in [4.78, 5) is 0. The Hall–Kier alpha value is -2.19. The number of aliphatic hydroxyl groups excluding tert-OH is 1. The summed E-state index contributed by atoms with van der Waals surface area (Å²) in [7, 11) is 0. The molecule has 0 heterocycles. The summed E-state index contributed by atoms with van der Waals surface area (Å²) < 4.78 is 17.0. The molecule has 32 heavy (non-hydrogen) atoms. The monoisotopic (exact) mass is 458 g/mol. The molecule has 0 aromatic heterocycles. The summed E-state index contributed by atoms with van der Waals surface area (Å²) in [6.45, 7) is 11.4. The van der Waals surface area contributed by atoms with Crippen LogP contribution in [0.2, 0.25) is 0 Å². The number of aryl methyl sites for hydroxylation is 4. The molecular formula is C27H35ClO4. The maximum Gasteiger partial charge on any atom is 0.125 e. The number of ether oxygens (including phenoxy) is 3. The van der Waals surface area contributed by atoms with Crippen LogP contribution in [0.4, 0.5) is 0 Å². The average molecular weight is 459 g/mol. The van der Waals surface area contributed by atoms with Gasteiger partial charge >= 0.3 is 0 Å². The van der Waals surface area contributed by atoms with E-state index in [0.717, 1.165) is 40.2 Å². The van der Waals surface area contributed by atoms with Crippen molar-refractivity contribution in [2.75, 3.05) is 32.3 Å². The van der Waals surface area contributed by atoms with E-state index < -0.39 is 6.10 Å². The van der Waals surface area contributed by atoms with Gasteiger partial charge in [0, 0.05) is 11.8 Å². The Labute approximate surface area is 197 Å². The number of benzene rings is 2. The third-order valence-electron chi connectivity index (χ3n) is 5.14. The molecule has 2 aromatic rings. The Morgan fingerprint density at radius 2 is 1.34 bits per heavy atom. The lowest BCUT2D eigenvalue weighted by atomic mass is 9.97. The summed E-state index contributed by atoms with van der Waals surface area (Å²) >= 11 is 5.90. The summed E-state index contributed by atoms with van der Waals surface area (Å²) in [5.74, 6) is 5.04. The number of terminal acetylenes is 1. The molecule has 0 aliphatic carbocycles. The highest BCUT2D eigenvalue weighted by Gasteiger charge is 2.13. The predicted molar refractivity (Wildman–Crippen MR) is 131 cm³/mol. The Balaban J connectivity index is 2.06. The lowest BCUT2D eigenvalue weighted by Crippen LogP contribution is -2.24. The van der Waals surface area contributed by atoms with Crippen LogP contribution in [-0.2, 0) is 11.2 Å². The smallest absolute Gasteiger partial charge is 0.125 e. The summed E-state index contributed by atoms with van der Waals surface area (Å²) in [5, 5.41) is 9.99. The van der Waals surface area contributed by atoms with Crippen LogP contribution < -0.4 is 9.47 Å². The van der Waals surface area contributed by atoms with Gasteiger partial charge in [-0.15, -0.1) is 18.0 Å². The molecule has 2 rings (SSSR count). The van der Waals surface area contributed by atoms with E-state index in [1.807, 2.05) is 13.8 Å². The van der Waals surface area contributed by atoms with Gasteiger partial charge in [-0.3, -0.25) is 0 Å². The van der Waals surface area contributed by atoms with Gasteiger partial charge in [-0.1, -0.05) is 37.1 Å². The first-order valence-corrected chi connectivity index (χ1v) is 11.5. The molecule has 0 aliphatic rings. The number of alkyl halides is 1. The summed E-state index contributed by atoms with van der Waals surface area (Å²) in [6, 6.07) is 8.66. The highest BCUT2D eigenvalue weighted by Crippen LogP contribution is 2.29. The van der Waals surface area contributed by atoms with E-state index in [-0.39, 0.29) is 19.8 Å². The van der Waals surface area contributed by atoms with Crippen molar-refractivity contribution in [1.29, 1.82) is 0 Å². The van der Waals surface area contributed by atoms with Crippen molar-refractivity contribution < 1.29 is 19.3 Å². The Bertz CT molecular complexity index is 886. The van der Waals surface area contributed by atoms with Gasteiger partial charge < -0.3 is 19.3 Å². The van der Waals surface area contributed by atoms with Crippen LogP contribution in [0, 0.1) is 46.0 Å². The fraction of sp³-hybridized carbons (Fsp3) is 0.481. The van der Waals surface area contributed by atoms with Crippen LogP contribution in [0.15, 0.2) is 24.3 Å². The van der Waals surface area contributed by atoms with E-state index in [4.69, 9.17) is 32.2 Å². The Kier molecular flexibility index (Phi) is 10.4. The Morgan fingerprint density at radius 1 is 0.875 bits per heavy atom. The van der Waals surface area contributed by atoms with E-state index in [2.05, 4.69) is 51.0 Å². The van der Waals surface area contributed by atoms with Crippen molar-refractivity contribution in [2.24, 2.45) is 5.92 Å². The standard InChI is InChI=1S/C27H35ClO4/c1-7-8-30-16-25(29)17-32-27-21(5)11-24(12-22(27)6)13-23-9-19(3)26(20(4)10-23)31-15-18(2)14-28/h1,9-12,18,25,29H,8,13-17H2,2-6H3/t18-,25-/m1/s1. The van der Waals surface area contributed by atoms with Crippen molar-refractivity contribution in [2.45, 2.75) is 47.1 Å². The van der Waals surface area contributed by atoms with E-state index in [1.54, 1.807) is 0 Å². The molecule has 0 aliphatic heterocycles. The van der Waals surface area contributed by atoms with Crippen LogP contribution in [0.5, 0.6) is 11.5 Å². The van der Waals surface area contributed by atoms with Crippen molar-refractivity contribution in [3.8, 4) is 23.8 Å². The molecule has 0 bridgehead atoms. The molecule has 0 spiro atoms. The zero-order valence-corrected chi connectivity index (χ0v) is 20.6. The quantitative estimate of drug-likeness (QED) is 0.271. The van der Waals surface area contributed by atoms with E-state index in [9.17, 15) is 5.11 Å². The number of aliphatic hydroxyl groups is 1. The summed E-state index contributed by atoms with van der Waals surface area (Å²) in [5.41, 5.74) is 6.81. The third-order valence-corrected chi connectivity index (χ3v) is 5.67. The van der Waals surface area contributed by atoms with Crippen molar-refractivity contribution in [3.63, 3.8) is 0 Å². The fourth-order valence-corrected chi connectivity index (χ4v) is 3.82. The maximum atomic E-state index is 9.99. The van der Waals surface area contributed by atoms with Gasteiger partial charge in [0.15, 0.2) is 0 Å². The van der Waals surface area contributed by atoms with Gasteiger partial charge in [0.25, 0.3) is 0 Å². The molecule has 0 radical (unpaired) electrons. The normalized spacial score (nSPS) is 12.8. The van der Waals surface area contributed by atoms with Crippen molar-refractivity contribution in [3.05, 3.63) is 57.6 Å². The van der Waals surface area contributed by atoms with E-state index in [1.165, 1.54) is 11.1 Å². The molecule has 2 atom stereocenters. The molecule has 2 aromatic carbocycles. The zero-order chi connectivity index (χ0) is 23.7. The van der Waals surface area contributed by atoms with Crippen LogP contribution in [0.3, 0.4) is 0 Å². The Morgan fingerprint density at radius 3 is 1.78 bits per heavy atom. The van der Waals surface area contributed by atoms with Crippen LogP contribution >= 0.6 is 11.6 Å². The van der Waals surface area contributed by atoms with Gasteiger partial charge in [0.2, 0.25) is 0 Å². The number of rotatable bonds is 12. The van der Waals surface area contributed by atoms with Crippen LogP contribution in [-0.4, -0.2) is 43.5 Å². The minimum absolute atomic E-state index is 0.156. The predicted octanol–water partition coefficient (Wildman–Crippen LogP) is 5.15. The first kappa shape index (κ1) is 26.1. The molecular weight excluding hydrogens is 424 g/mol. The van der Waals surface area contributed by atoms with Gasteiger partial charge in [0.05, 0.1) is 13.2 Å². The summed E-state index contributed by atoms with van der Waals surface area (Å²) in [6.07, 6.45) is 5.25. The van der Waals surface area contributed by atoms with Gasteiger partial charge in [0.1, 0.15) is 30.8 Å². The van der Waals surface area contributed by atoms with E-state index in [0.29, 0.717) is 18.4 Å². The molecule has 0 saturated carbocycles. The number of hydrogen-bond donors (Lipinski definition) is 1. The maximum absolute atomic E-state index is 9.99. The molecule has 1 N–H and O–H groups in total. The lowest BCUT2D eigenvalue weighted by Gasteiger charge is -2.18. The van der Waals surface area contributed by atoms with Crippen LogP contribution in [0.1, 0.15) is 40.3 Å². The third kappa shape index (κ3) is 7.74. The highest BCUT2D eigenvalue weighted by molar-refractivity contribution is 6.18. The van der Waals surface area contributed by atoms with Crippen molar-refractivity contribution >= 4 is 11.6 Å². The second-order valence-electron chi connectivity index (χ2n) is 8.55. The average Bonchev–Trinajstić information content (AvgIpc) is 2.72. The number of hydrogen-bond acceptors (Lipinski definition) is 4. The zero-order valence-electron chi connectivity index (χ0n) is 19.8. The largest absolute Gasteiger partial charge is 0.493 e. The SMILES string of the molecule is C#CCOC[C@@H](O)COc1c(C)cc(Cc2cc(C)c(OC[C@H](C)CCl)c(C)c2)cc1C. The van der Waals surface area contributed by atoms with Gasteiger partial charge in [-0.2, -0.15) is 0 Å². The lowest BCUT2D eigenvalue weighted by molar-refractivity contribution is 0.0226. The van der Waals surface area contributed by atoms with Gasteiger partial charge in [-0.05, 0) is 67.5 Å². The second-order valence-corrected chi connectivity index (χ2v) is 8.86. The molecule has 0 fully saturated rings. The van der Waals surface area contributed by atoms with Gasteiger partial charge in [-0.25, -0.2) is 0 Å². The molecule has 174 valence electrons. The topological polar surface area (TPSA) is 47.9 Å². The molecule has 0 unspecified atom stereocenters. The molecule has 4 nitrogen and oxygen atoms in total. The molecule has 5 heteroatoms. The number of halogens is 1. The molecule has 0 saturated heterocycles. The fourth-order valence-electron chi connectivity index (χ4n) is 3.73. The van der Waals surface area contributed by atoms with Crippen molar-refractivity contribution in [1.82, 2.24) is 0 Å². The second kappa shape index (κ2) is 12.7. The minimum Gasteiger partial charge on any atom is -0.493 e.